The van der Waals surface area contributed by atoms with Crippen molar-refractivity contribution < 1.29 is 30.0 Å². The lowest BCUT2D eigenvalue weighted by Crippen LogP contribution is -2.23. The van der Waals surface area contributed by atoms with Crippen LogP contribution in [0.1, 0.15) is 115 Å². The first kappa shape index (κ1) is 47.3. The third kappa shape index (κ3) is 11.7. The number of aromatic hydroxyl groups is 2. The number of benzene rings is 4. The lowest BCUT2D eigenvalue weighted by molar-refractivity contribution is -0.307. The van der Waals surface area contributed by atoms with Crippen LogP contribution in [0.25, 0.3) is 0 Å². The molecule has 4 aromatic rings. The Kier molecular flexibility index (Phi) is 15.5. The van der Waals surface area contributed by atoms with Crippen LogP contribution in [0.15, 0.2) is 120 Å². The highest BCUT2D eigenvalue weighted by molar-refractivity contribution is 8.76. The molecule has 8 bridgehead atoms. The standard InChI is InChI=1S/C55H61N3O6S2/c1-35(10-11-36-6-3-2-4-7-36)18-22-55-23-19-42(59)15-12-37-14-17-50(61)53(27-37)64-25-21-38-13-16-49(60)47(26-38)46-30-51(62)43-20-24-58-48(43)9-5-8-39-28-45(54(56)57)40(29-44(39)46)33-65-66-34-41(31-55)52(63)32-55/h2-4,6-7,13-14,16-17,19-20,23-24,26-29,35,41,46,52,54,60-63H,9-12,15,18,21-22,25,30-34,56-57H2,1H3/p-1. The summed E-state index contributed by atoms with van der Waals surface area (Å²) in [5, 5.41) is 48.2. The van der Waals surface area contributed by atoms with Crippen LogP contribution in [-0.4, -0.2) is 45.3 Å². The van der Waals surface area contributed by atoms with E-state index in [-0.39, 0.29) is 47.4 Å². The fourth-order valence-corrected chi connectivity index (χ4v) is 12.4. The number of aliphatic hydroxyl groups excluding tert-OH is 1. The van der Waals surface area contributed by atoms with E-state index in [1.165, 1.54) is 5.56 Å². The molecule has 9 nitrogen and oxygen atoms in total. The van der Waals surface area contributed by atoms with E-state index in [0.29, 0.717) is 71.9 Å². The average molecular weight is 923 g/mol. The van der Waals surface area contributed by atoms with Gasteiger partial charge in [0.25, 0.3) is 0 Å². The van der Waals surface area contributed by atoms with E-state index in [1.54, 1.807) is 58.1 Å². The van der Waals surface area contributed by atoms with Gasteiger partial charge in [0, 0.05) is 47.6 Å². The Morgan fingerprint density at radius 3 is 2.55 bits per heavy atom. The second-order valence-electron chi connectivity index (χ2n) is 18.5. The monoisotopic (exact) mass is 922 g/mol. The van der Waals surface area contributed by atoms with Crippen molar-refractivity contribution in [3.05, 3.63) is 159 Å². The molecule has 7 N–H and O–H groups in total. The number of nitrogens with zero attached hydrogens (tertiary/aromatic N) is 1. The minimum absolute atomic E-state index is 0.00538. The Labute approximate surface area is 396 Å². The zero-order valence-corrected chi connectivity index (χ0v) is 39.2. The lowest BCUT2D eigenvalue weighted by atomic mass is 9.77. The molecule has 4 aromatic carbocycles. The van der Waals surface area contributed by atoms with Crippen LogP contribution in [-0.2, 0) is 29.8 Å². The second-order valence-corrected chi connectivity index (χ2v) is 21.0. The van der Waals surface area contributed by atoms with Gasteiger partial charge in [0.15, 0.2) is 17.3 Å². The van der Waals surface area contributed by atoms with Gasteiger partial charge in [-0.1, -0.05) is 101 Å². The number of phenolic OH excluding ortho intramolecular Hbond substituents is 2. The van der Waals surface area contributed by atoms with E-state index in [2.05, 4.69) is 60.2 Å². The average Bonchev–Trinajstić information content (AvgIpc) is 3.92. The van der Waals surface area contributed by atoms with E-state index in [4.69, 9.17) is 16.2 Å². The minimum Gasteiger partial charge on any atom is -0.875 e. The Bertz CT molecular complexity index is 2590. The molecule has 1 saturated carbocycles. The van der Waals surface area contributed by atoms with Gasteiger partial charge in [0.05, 0.1) is 31.0 Å². The van der Waals surface area contributed by atoms with Crippen molar-refractivity contribution in [3.63, 3.8) is 0 Å². The van der Waals surface area contributed by atoms with Crippen molar-refractivity contribution in [2.45, 2.75) is 101 Å². The molecule has 5 atom stereocenters. The molecule has 1 fully saturated rings. The van der Waals surface area contributed by atoms with Crippen molar-refractivity contribution in [1.82, 2.24) is 0 Å². The van der Waals surface area contributed by atoms with Gasteiger partial charge in [-0.3, -0.25) is 9.79 Å². The van der Waals surface area contributed by atoms with Gasteiger partial charge in [-0.25, -0.2) is 0 Å². The SMILES string of the molecule is CC(CCc1ccccc1)CCC12C=CC(=O)CCc3ccc(O)c(c3)OCCc3ccc(O)c(c3)C3CC([O-])=C4C=CN=C4CC#Cc4cc(C(N)N)c(cc43)CSSCC(C1)C(O)C2. The number of rotatable bonds is 7. The quantitative estimate of drug-likeness (QED) is 0.0683. The maximum Gasteiger partial charge on any atom is 0.161 e. The summed E-state index contributed by atoms with van der Waals surface area (Å²) in [7, 11) is 3.39. The Morgan fingerprint density at radius 1 is 0.924 bits per heavy atom. The number of ether oxygens (including phenoxy) is 1. The van der Waals surface area contributed by atoms with Crippen LogP contribution in [0.3, 0.4) is 0 Å². The number of allylic oxidation sites excluding steroid dienone is 5. The fraction of sp³-hybridized carbons (Fsp3) is 0.382. The van der Waals surface area contributed by atoms with Gasteiger partial charge in [0.1, 0.15) is 5.75 Å². The molecule has 0 radical (unpaired) electrons. The van der Waals surface area contributed by atoms with Gasteiger partial charge in [-0.2, -0.15) is 0 Å². The molecule has 5 unspecified atom stereocenters. The van der Waals surface area contributed by atoms with Gasteiger partial charge in [-0.05, 0) is 144 Å². The summed E-state index contributed by atoms with van der Waals surface area (Å²) >= 11 is 0. The second kappa shape index (κ2) is 21.6. The summed E-state index contributed by atoms with van der Waals surface area (Å²) < 4.78 is 6.15. The Hall–Kier alpha value is -5.22. The summed E-state index contributed by atoms with van der Waals surface area (Å²) in [6.07, 6.45) is 12.9. The third-order valence-corrected chi connectivity index (χ3v) is 16.2. The molecular formula is C55H60N3O6S2-. The molecule has 0 amide bonds. The number of aliphatic hydroxyl groups is 1. The van der Waals surface area contributed by atoms with Crippen molar-refractivity contribution in [3.8, 4) is 29.1 Å². The molecule has 8 rings (SSSR count). The molecule has 2 heterocycles. The number of ketones is 1. The van der Waals surface area contributed by atoms with Crippen LogP contribution in [0, 0.1) is 29.1 Å². The van der Waals surface area contributed by atoms with Crippen LogP contribution < -0.4 is 21.3 Å². The molecule has 0 spiro atoms. The summed E-state index contributed by atoms with van der Waals surface area (Å²) in [6, 6.07) is 25.2. The van der Waals surface area contributed by atoms with Gasteiger partial charge >= 0.3 is 0 Å². The van der Waals surface area contributed by atoms with Gasteiger partial charge in [0.2, 0.25) is 0 Å². The highest BCUT2D eigenvalue weighted by Gasteiger charge is 2.43. The summed E-state index contributed by atoms with van der Waals surface area (Å²) in [5.74, 6) is 8.15. The number of fused-ring (bicyclic) bond motifs is 9. The van der Waals surface area contributed by atoms with Crippen molar-refractivity contribution in [1.29, 1.82) is 0 Å². The molecule has 0 aromatic heterocycles. The maximum absolute atomic E-state index is 14.2. The highest BCUT2D eigenvalue weighted by Crippen LogP contribution is 2.50. The predicted molar refractivity (Wildman–Crippen MR) is 265 cm³/mol. The summed E-state index contributed by atoms with van der Waals surface area (Å²) in [6.45, 7) is 2.53. The number of hydrogen-bond acceptors (Lipinski definition) is 11. The van der Waals surface area contributed by atoms with Crippen LogP contribution >= 0.6 is 21.6 Å². The number of nitrogens with two attached hydrogens (primary N) is 2. The largest absolute Gasteiger partial charge is 0.875 e. The zero-order chi connectivity index (χ0) is 46.2. The number of phenols is 2. The number of hydrogen-bond donors (Lipinski definition) is 5. The first-order chi connectivity index (χ1) is 31.9. The molecule has 66 heavy (non-hydrogen) atoms. The highest BCUT2D eigenvalue weighted by atomic mass is 33.1. The molecule has 344 valence electrons. The fourth-order valence-electron chi connectivity index (χ4n) is 9.84. The van der Waals surface area contributed by atoms with Crippen molar-refractivity contribution >= 4 is 33.1 Å². The molecule has 2 aliphatic carbocycles. The first-order valence-corrected chi connectivity index (χ1v) is 25.7. The van der Waals surface area contributed by atoms with Crippen LogP contribution in [0.4, 0.5) is 0 Å². The number of carbonyl (C=O) groups excluding carboxylic acids is 1. The van der Waals surface area contributed by atoms with E-state index in [0.717, 1.165) is 65.7 Å². The van der Waals surface area contributed by atoms with Gasteiger partial charge in [-0.15, -0.1) is 5.76 Å². The molecule has 4 aliphatic rings. The van der Waals surface area contributed by atoms with E-state index in [1.807, 2.05) is 30.3 Å². The maximum atomic E-state index is 14.2. The van der Waals surface area contributed by atoms with Gasteiger partial charge < -0.3 is 36.6 Å². The van der Waals surface area contributed by atoms with Crippen molar-refractivity contribution in [2.24, 2.45) is 33.7 Å². The predicted octanol–water partition coefficient (Wildman–Crippen LogP) is 9.25. The van der Waals surface area contributed by atoms with Crippen LogP contribution in [0.5, 0.6) is 17.2 Å². The normalized spacial score (nSPS) is 22.9. The van der Waals surface area contributed by atoms with E-state index in [9.17, 15) is 25.2 Å². The molecule has 0 saturated heterocycles. The molecule has 2 aliphatic heterocycles. The number of carbonyl (C=O) groups is 1. The third-order valence-electron chi connectivity index (χ3n) is 13.7. The number of aliphatic imine (C=N–C) groups is 1. The zero-order valence-electron chi connectivity index (χ0n) is 37.6. The Morgan fingerprint density at radius 2 is 1.73 bits per heavy atom. The van der Waals surface area contributed by atoms with E-state index >= 15 is 0 Å². The summed E-state index contributed by atoms with van der Waals surface area (Å²) in [5.41, 5.74) is 20.6. The minimum atomic E-state index is -0.786. The number of aryl methyl sites for hydroxylation is 2. The smallest absolute Gasteiger partial charge is 0.161 e. The first-order valence-electron chi connectivity index (χ1n) is 23.2. The lowest BCUT2D eigenvalue weighted by Gasteiger charge is -2.28. The van der Waals surface area contributed by atoms with Crippen molar-refractivity contribution in [2.75, 3.05) is 12.4 Å². The Balaban J connectivity index is 1.12. The topological polar surface area (TPSA) is 174 Å². The van der Waals surface area contributed by atoms with E-state index < -0.39 is 18.2 Å². The molecule has 11 heteroatoms. The molecular weight excluding hydrogens is 863 g/mol. The summed E-state index contributed by atoms with van der Waals surface area (Å²) in [4.78, 5) is 18.0. The van der Waals surface area contributed by atoms with Crippen LogP contribution in [0.2, 0.25) is 0 Å².